The van der Waals surface area contributed by atoms with Gasteiger partial charge in [0.05, 0.1) is 0 Å². The minimum absolute atomic E-state index is 0.451. The highest BCUT2D eigenvalue weighted by molar-refractivity contribution is 6.68. The maximum atomic E-state index is 11.5. The van der Waals surface area contributed by atoms with Crippen molar-refractivity contribution in [2.75, 3.05) is 6.54 Å². The number of nitrogens with zero attached hydrogens (tertiary/aromatic N) is 3. The van der Waals surface area contributed by atoms with E-state index in [9.17, 15) is 14.4 Å². The van der Waals surface area contributed by atoms with E-state index in [0.29, 0.717) is 4.90 Å². The van der Waals surface area contributed by atoms with Crippen molar-refractivity contribution in [1.82, 2.24) is 4.90 Å². The highest BCUT2D eigenvalue weighted by atomic mass is 16.6. The van der Waals surface area contributed by atoms with E-state index in [-0.39, 0.29) is 0 Å². The Bertz CT molecular complexity index is 415. The van der Waals surface area contributed by atoms with Gasteiger partial charge in [0.2, 0.25) is 0 Å². The number of imide groups is 1. The number of hydrogen-bond donors (Lipinski definition) is 0. The standard InChI is InChI=1S/C9H11N3O4/c1-9(2,3)16-8(15)12-4-5(13)6(11-10)7(12)14/h4H2,1-3H3. The predicted molar refractivity (Wildman–Crippen MR) is 51.6 cm³/mol. The lowest BCUT2D eigenvalue weighted by molar-refractivity contribution is -0.125. The molecule has 1 rings (SSSR count). The molecule has 16 heavy (non-hydrogen) atoms. The van der Waals surface area contributed by atoms with E-state index in [2.05, 4.69) is 4.79 Å². The van der Waals surface area contributed by atoms with Crippen LogP contribution in [0.1, 0.15) is 20.8 Å². The van der Waals surface area contributed by atoms with Crippen molar-refractivity contribution in [2.45, 2.75) is 26.4 Å². The number of rotatable bonds is 0. The molecule has 2 amide bonds. The Morgan fingerprint density at radius 2 is 2.00 bits per heavy atom. The SMILES string of the molecule is CC(C)(C)OC(=O)N1CC(=O)C(=[N+]=[N-])C1=O. The molecular formula is C9H11N3O4. The first-order valence-electron chi connectivity index (χ1n) is 4.56. The van der Waals surface area contributed by atoms with Crippen molar-refractivity contribution in [3.63, 3.8) is 0 Å². The number of ether oxygens (including phenoxy) is 1. The summed E-state index contributed by atoms with van der Waals surface area (Å²) in [6, 6.07) is 0. The molecule has 0 aromatic carbocycles. The average molecular weight is 225 g/mol. The van der Waals surface area contributed by atoms with Gasteiger partial charge in [0.1, 0.15) is 12.1 Å². The van der Waals surface area contributed by atoms with Gasteiger partial charge in [-0.3, -0.25) is 9.59 Å². The van der Waals surface area contributed by atoms with Crippen LogP contribution < -0.4 is 0 Å². The van der Waals surface area contributed by atoms with Gasteiger partial charge in [-0.2, -0.15) is 4.79 Å². The largest absolute Gasteiger partial charge is 0.443 e. The summed E-state index contributed by atoms with van der Waals surface area (Å²) in [5.41, 5.74) is 6.99. The van der Waals surface area contributed by atoms with Crippen LogP contribution in [0.3, 0.4) is 0 Å². The van der Waals surface area contributed by atoms with Gasteiger partial charge in [0.15, 0.2) is 0 Å². The maximum Gasteiger partial charge on any atom is 0.424 e. The van der Waals surface area contributed by atoms with Crippen molar-refractivity contribution < 1.29 is 23.9 Å². The van der Waals surface area contributed by atoms with Crippen LogP contribution in [0.4, 0.5) is 4.79 Å². The topological polar surface area (TPSA) is 100 Å². The Hall–Kier alpha value is -2.01. The van der Waals surface area contributed by atoms with Gasteiger partial charge >= 0.3 is 17.7 Å². The molecule has 1 aliphatic heterocycles. The lowest BCUT2D eigenvalue weighted by Crippen LogP contribution is -2.38. The summed E-state index contributed by atoms with van der Waals surface area (Å²) in [7, 11) is 0. The first-order chi connectivity index (χ1) is 7.26. The summed E-state index contributed by atoms with van der Waals surface area (Å²) >= 11 is 0. The van der Waals surface area contributed by atoms with Crippen LogP contribution in [0.5, 0.6) is 0 Å². The van der Waals surface area contributed by atoms with Crippen LogP contribution in [0.25, 0.3) is 5.53 Å². The molecule has 0 bridgehead atoms. The van der Waals surface area contributed by atoms with Gasteiger partial charge in [-0.1, -0.05) is 0 Å². The minimum atomic E-state index is -0.943. The van der Waals surface area contributed by atoms with Crippen LogP contribution in [-0.2, 0) is 14.3 Å². The molecule has 86 valence electrons. The van der Waals surface area contributed by atoms with Gasteiger partial charge in [0, 0.05) is 0 Å². The van der Waals surface area contributed by atoms with Crippen molar-refractivity contribution in [3.8, 4) is 0 Å². The van der Waals surface area contributed by atoms with E-state index in [1.165, 1.54) is 0 Å². The fraction of sp³-hybridized carbons (Fsp3) is 0.556. The van der Waals surface area contributed by atoms with Crippen molar-refractivity contribution in [1.29, 1.82) is 0 Å². The smallest absolute Gasteiger partial charge is 0.424 e. The van der Waals surface area contributed by atoms with Crippen molar-refractivity contribution in [3.05, 3.63) is 5.53 Å². The Balaban J connectivity index is 2.86. The first kappa shape index (κ1) is 12.1. The first-order valence-corrected chi connectivity index (χ1v) is 4.56. The van der Waals surface area contributed by atoms with Crippen LogP contribution in [0, 0.1) is 0 Å². The van der Waals surface area contributed by atoms with Crippen LogP contribution in [-0.4, -0.2) is 45.3 Å². The fourth-order valence-corrected chi connectivity index (χ4v) is 1.10. The molecule has 0 N–H and O–H groups in total. The number of ketones is 1. The number of amides is 2. The fourth-order valence-electron chi connectivity index (χ4n) is 1.10. The summed E-state index contributed by atoms with van der Waals surface area (Å²) in [6.07, 6.45) is -0.926. The predicted octanol–water partition coefficient (Wildman–Crippen LogP) is 0.00360. The third kappa shape index (κ3) is 2.32. The second-order valence-electron chi connectivity index (χ2n) is 4.24. The van der Waals surface area contributed by atoms with Crippen LogP contribution in [0.15, 0.2) is 0 Å². The zero-order valence-corrected chi connectivity index (χ0v) is 9.18. The molecule has 7 heteroatoms. The van der Waals surface area contributed by atoms with E-state index >= 15 is 0 Å². The molecule has 1 fully saturated rings. The molecule has 0 unspecified atom stereocenters. The Labute approximate surface area is 91.6 Å². The third-order valence-corrected chi connectivity index (χ3v) is 1.73. The lowest BCUT2D eigenvalue weighted by Gasteiger charge is -2.22. The number of carbonyl (C=O) groups is 3. The molecule has 1 aliphatic rings. The molecule has 0 saturated carbocycles. The summed E-state index contributed by atoms with van der Waals surface area (Å²) in [5, 5.41) is 0. The Morgan fingerprint density at radius 1 is 1.44 bits per heavy atom. The van der Waals surface area contributed by atoms with Crippen molar-refractivity contribution >= 4 is 23.5 Å². The van der Waals surface area contributed by atoms with E-state index in [1.54, 1.807) is 20.8 Å². The van der Waals surface area contributed by atoms with Crippen LogP contribution in [0.2, 0.25) is 0 Å². The molecule has 7 nitrogen and oxygen atoms in total. The van der Waals surface area contributed by atoms with Gasteiger partial charge < -0.3 is 10.3 Å². The number of likely N-dealkylation sites (tertiary alicyclic amines) is 1. The Kier molecular flexibility index (Phi) is 2.91. The van der Waals surface area contributed by atoms with E-state index < -0.39 is 35.6 Å². The van der Waals surface area contributed by atoms with Gasteiger partial charge in [-0.05, 0) is 20.8 Å². The number of Topliss-reactive ketones (excluding diaryl/α,β-unsaturated/α-hetero) is 1. The minimum Gasteiger partial charge on any atom is -0.443 e. The molecule has 0 aromatic heterocycles. The highest BCUT2D eigenvalue weighted by Crippen LogP contribution is 2.12. The molecule has 0 aromatic rings. The molecule has 1 heterocycles. The Morgan fingerprint density at radius 3 is 2.38 bits per heavy atom. The highest BCUT2D eigenvalue weighted by Gasteiger charge is 2.47. The summed E-state index contributed by atoms with van der Waals surface area (Å²) in [4.78, 5) is 37.1. The van der Waals surface area contributed by atoms with Gasteiger partial charge in [0.25, 0.3) is 5.78 Å². The molecular weight excluding hydrogens is 214 g/mol. The van der Waals surface area contributed by atoms with Crippen molar-refractivity contribution in [2.24, 2.45) is 0 Å². The average Bonchev–Trinajstić information content (AvgIpc) is 2.38. The van der Waals surface area contributed by atoms with E-state index in [4.69, 9.17) is 10.3 Å². The van der Waals surface area contributed by atoms with Gasteiger partial charge in [-0.15, -0.1) is 0 Å². The molecule has 0 atom stereocenters. The molecule has 0 spiro atoms. The van der Waals surface area contributed by atoms with Gasteiger partial charge in [-0.25, -0.2) is 9.69 Å². The zero-order valence-electron chi connectivity index (χ0n) is 9.18. The monoisotopic (exact) mass is 225 g/mol. The van der Waals surface area contributed by atoms with Crippen LogP contribution >= 0.6 is 0 Å². The third-order valence-electron chi connectivity index (χ3n) is 1.73. The second-order valence-corrected chi connectivity index (χ2v) is 4.24. The van der Waals surface area contributed by atoms with E-state index in [0.717, 1.165) is 0 Å². The zero-order chi connectivity index (χ0) is 12.5. The quantitative estimate of drug-likeness (QED) is 0.428. The summed E-state index contributed by atoms with van der Waals surface area (Å²) in [6.45, 7) is 4.45. The summed E-state index contributed by atoms with van der Waals surface area (Å²) in [5.74, 6) is -1.65. The lowest BCUT2D eigenvalue weighted by atomic mass is 10.2. The second kappa shape index (κ2) is 3.86. The molecule has 1 saturated heterocycles. The summed E-state index contributed by atoms with van der Waals surface area (Å²) < 4.78 is 4.91. The normalized spacial score (nSPS) is 16.4. The van der Waals surface area contributed by atoms with E-state index in [1.807, 2.05) is 0 Å². The number of carbonyl (C=O) groups excluding carboxylic acids is 3. The molecule has 0 radical (unpaired) electrons. The maximum absolute atomic E-state index is 11.5. The number of hydrogen-bond acceptors (Lipinski definition) is 4. The molecule has 0 aliphatic carbocycles.